The average Bonchev–Trinajstić information content (AvgIpc) is 2.67. The van der Waals surface area contributed by atoms with E-state index in [1.165, 1.54) is 49.7 Å². The van der Waals surface area contributed by atoms with Gasteiger partial charge in [-0.2, -0.15) is 0 Å². The van der Waals surface area contributed by atoms with Gasteiger partial charge in [0.25, 0.3) is 0 Å². The van der Waals surface area contributed by atoms with Crippen LogP contribution >= 0.6 is 24.0 Å². The van der Waals surface area contributed by atoms with Crippen LogP contribution in [-0.2, 0) is 11.2 Å². The first-order valence-electron chi connectivity index (χ1n) is 9.85. The van der Waals surface area contributed by atoms with E-state index < -0.39 is 0 Å². The molecule has 2 aliphatic rings. The third-order valence-corrected chi connectivity index (χ3v) is 5.79. The van der Waals surface area contributed by atoms with E-state index in [-0.39, 0.29) is 24.0 Å². The number of nitrogens with one attached hydrogen (secondary N) is 1. The average molecular weight is 471 g/mol. The van der Waals surface area contributed by atoms with Crippen LogP contribution in [0.1, 0.15) is 49.1 Å². The fraction of sp³-hybridized carbons (Fsp3) is 0.667. The lowest BCUT2D eigenvalue weighted by molar-refractivity contribution is 0.0625. The van der Waals surface area contributed by atoms with Crippen LogP contribution in [0.4, 0.5) is 0 Å². The number of hydrogen-bond donors (Lipinski definition) is 1. The summed E-state index contributed by atoms with van der Waals surface area (Å²) >= 11 is 0. The lowest BCUT2D eigenvalue weighted by Crippen LogP contribution is -2.42. The first-order chi connectivity index (χ1) is 12.3. The van der Waals surface area contributed by atoms with Crippen molar-refractivity contribution in [3.05, 3.63) is 35.4 Å². The fourth-order valence-corrected chi connectivity index (χ4v) is 4.18. The molecule has 1 aliphatic carbocycles. The second kappa shape index (κ2) is 11.1. The van der Waals surface area contributed by atoms with E-state index in [2.05, 4.69) is 46.5 Å². The van der Waals surface area contributed by atoms with Gasteiger partial charge in [0.1, 0.15) is 0 Å². The third kappa shape index (κ3) is 5.84. The monoisotopic (exact) mass is 471 g/mol. The molecule has 0 spiro atoms. The van der Waals surface area contributed by atoms with Crippen LogP contribution in [0.15, 0.2) is 29.3 Å². The molecule has 1 N–H and O–H groups in total. The Morgan fingerprint density at radius 2 is 2.00 bits per heavy atom. The Balaban J connectivity index is 0.00000243. The molecule has 0 bridgehead atoms. The summed E-state index contributed by atoms with van der Waals surface area (Å²) in [5, 5.41) is 3.62. The van der Waals surface area contributed by atoms with Gasteiger partial charge < -0.3 is 15.0 Å². The Bertz CT molecular complexity index is 572. The second-order valence-electron chi connectivity index (χ2n) is 7.48. The molecule has 1 fully saturated rings. The fourth-order valence-electron chi connectivity index (χ4n) is 4.18. The van der Waals surface area contributed by atoms with Gasteiger partial charge in [0, 0.05) is 46.3 Å². The van der Waals surface area contributed by atoms with Crippen molar-refractivity contribution in [3.8, 4) is 0 Å². The molecule has 1 aromatic carbocycles. The zero-order chi connectivity index (χ0) is 17.5. The van der Waals surface area contributed by atoms with Gasteiger partial charge in [0.05, 0.1) is 0 Å². The van der Waals surface area contributed by atoms with Crippen LogP contribution in [0, 0.1) is 5.92 Å². The number of hydrogen-bond acceptors (Lipinski definition) is 2. The molecule has 1 unspecified atom stereocenters. The van der Waals surface area contributed by atoms with Crippen molar-refractivity contribution in [1.29, 1.82) is 0 Å². The predicted molar refractivity (Wildman–Crippen MR) is 120 cm³/mol. The molecule has 0 radical (unpaired) electrons. The highest BCUT2D eigenvalue weighted by atomic mass is 127. The molecule has 1 aliphatic heterocycles. The Labute approximate surface area is 175 Å². The zero-order valence-corrected chi connectivity index (χ0v) is 18.6. The number of fused-ring (bicyclic) bond motifs is 1. The quantitative estimate of drug-likeness (QED) is 0.400. The predicted octanol–water partition coefficient (Wildman–Crippen LogP) is 4.05. The van der Waals surface area contributed by atoms with Crippen molar-refractivity contribution in [2.75, 3.05) is 40.4 Å². The summed E-state index contributed by atoms with van der Waals surface area (Å²) in [6.45, 7) is 3.90. The molecule has 5 heteroatoms. The number of guanidine groups is 1. The van der Waals surface area contributed by atoms with E-state index in [0.717, 1.165) is 38.2 Å². The van der Waals surface area contributed by atoms with Gasteiger partial charge in [0.15, 0.2) is 5.96 Å². The number of nitrogens with zero attached hydrogens (tertiary/aromatic N) is 2. The maximum absolute atomic E-state index is 5.46. The second-order valence-corrected chi connectivity index (χ2v) is 7.48. The smallest absolute Gasteiger partial charge is 0.193 e. The zero-order valence-electron chi connectivity index (χ0n) is 16.2. The van der Waals surface area contributed by atoms with Gasteiger partial charge >= 0.3 is 0 Å². The molecule has 4 nitrogen and oxygen atoms in total. The SMILES string of the molecule is CN=C(NCC1CCCc2ccccc21)N(C)CCC1CCOCC1.I. The molecule has 3 rings (SSSR count). The summed E-state index contributed by atoms with van der Waals surface area (Å²) in [7, 11) is 4.05. The normalized spacial score (nSPS) is 20.8. The van der Waals surface area contributed by atoms with Crippen molar-refractivity contribution in [2.45, 2.75) is 44.4 Å². The van der Waals surface area contributed by atoms with Crippen molar-refractivity contribution in [3.63, 3.8) is 0 Å². The minimum atomic E-state index is 0. The van der Waals surface area contributed by atoms with Crippen molar-refractivity contribution in [2.24, 2.45) is 10.9 Å². The molecule has 0 aromatic heterocycles. The number of benzene rings is 1. The van der Waals surface area contributed by atoms with Crippen molar-refractivity contribution < 1.29 is 4.74 Å². The van der Waals surface area contributed by atoms with Crippen LogP contribution in [0.5, 0.6) is 0 Å². The maximum atomic E-state index is 5.46. The van der Waals surface area contributed by atoms with E-state index in [1.807, 2.05) is 7.05 Å². The minimum Gasteiger partial charge on any atom is -0.381 e. The number of ether oxygens (including phenoxy) is 1. The molecule has 1 atom stereocenters. The Hall–Kier alpha value is -0.820. The van der Waals surface area contributed by atoms with Crippen LogP contribution in [0.25, 0.3) is 0 Å². The lowest BCUT2D eigenvalue weighted by Gasteiger charge is -2.29. The highest BCUT2D eigenvalue weighted by Gasteiger charge is 2.21. The van der Waals surface area contributed by atoms with Crippen LogP contribution < -0.4 is 5.32 Å². The first kappa shape index (κ1) is 21.5. The van der Waals surface area contributed by atoms with Gasteiger partial charge in [-0.3, -0.25) is 4.99 Å². The molecule has 146 valence electrons. The van der Waals surface area contributed by atoms with Gasteiger partial charge in [-0.15, -0.1) is 24.0 Å². The maximum Gasteiger partial charge on any atom is 0.193 e. The van der Waals surface area contributed by atoms with Crippen molar-refractivity contribution in [1.82, 2.24) is 10.2 Å². The highest BCUT2D eigenvalue weighted by molar-refractivity contribution is 14.0. The molecule has 0 saturated carbocycles. The van der Waals surface area contributed by atoms with Crippen LogP contribution in [0.2, 0.25) is 0 Å². The summed E-state index contributed by atoms with van der Waals surface area (Å²) in [4.78, 5) is 6.78. The minimum absolute atomic E-state index is 0. The van der Waals surface area contributed by atoms with Crippen molar-refractivity contribution >= 4 is 29.9 Å². The van der Waals surface area contributed by atoms with Crippen LogP contribution in [-0.4, -0.2) is 51.3 Å². The molecule has 1 heterocycles. The standard InChI is InChI=1S/C21H33N3O.HI/c1-22-21(24(2)13-10-17-11-14-25-15-12-17)23-16-19-8-5-7-18-6-3-4-9-20(18)19;/h3-4,6,9,17,19H,5,7-8,10-16H2,1-2H3,(H,22,23);1H. The van der Waals surface area contributed by atoms with E-state index in [0.29, 0.717) is 5.92 Å². The van der Waals surface area contributed by atoms with Gasteiger partial charge in [-0.25, -0.2) is 0 Å². The van der Waals surface area contributed by atoms with Gasteiger partial charge in [-0.05, 0) is 55.6 Å². The third-order valence-electron chi connectivity index (χ3n) is 5.79. The molecule has 1 saturated heterocycles. The van der Waals surface area contributed by atoms with E-state index in [9.17, 15) is 0 Å². The Morgan fingerprint density at radius 3 is 2.77 bits per heavy atom. The Kier molecular flexibility index (Phi) is 9.19. The molecular weight excluding hydrogens is 437 g/mol. The van der Waals surface area contributed by atoms with E-state index in [1.54, 1.807) is 0 Å². The summed E-state index contributed by atoms with van der Waals surface area (Å²) < 4.78 is 5.46. The number of rotatable bonds is 5. The molecule has 26 heavy (non-hydrogen) atoms. The topological polar surface area (TPSA) is 36.9 Å². The summed E-state index contributed by atoms with van der Waals surface area (Å²) in [5.41, 5.74) is 3.06. The molecular formula is C21H34IN3O. The Morgan fingerprint density at radius 1 is 1.23 bits per heavy atom. The summed E-state index contributed by atoms with van der Waals surface area (Å²) in [6, 6.07) is 8.93. The number of aryl methyl sites for hydroxylation is 1. The highest BCUT2D eigenvalue weighted by Crippen LogP contribution is 2.30. The van der Waals surface area contributed by atoms with E-state index in [4.69, 9.17) is 4.74 Å². The summed E-state index contributed by atoms with van der Waals surface area (Å²) in [6.07, 6.45) is 7.44. The van der Waals surface area contributed by atoms with Gasteiger partial charge in [0.2, 0.25) is 0 Å². The number of aliphatic imine (C=N–C) groups is 1. The molecule has 1 aromatic rings. The summed E-state index contributed by atoms with van der Waals surface area (Å²) in [5.74, 6) is 2.43. The lowest BCUT2D eigenvalue weighted by atomic mass is 9.83. The van der Waals surface area contributed by atoms with Gasteiger partial charge in [-0.1, -0.05) is 24.3 Å². The van der Waals surface area contributed by atoms with Crippen LogP contribution in [0.3, 0.4) is 0 Å². The first-order valence-corrected chi connectivity index (χ1v) is 9.85. The largest absolute Gasteiger partial charge is 0.381 e. The van der Waals surface area contributed by atoms with E-state index >= 15 is 0 Å². The molecule has 0 amide bonds. The number of halogens is 1.